The van der Waals surface area contributed by atoms with Crippen molar-refractivity contribution < 1.29 is 4.74 Å². The number of anilines is 2. The molecule has 1 saturated heterocycles. The predicted octanol–water partition coefficient (Wildman–Crippen LogP) is 2.42. The second-order valence-corrected chi connectivity index (χ2v) is 5.08. The molecule has 5 nitrogen and oxygen atoms in total. The van der Waals surface area contributed by atoms with Crippen molar-refractivity contribution in [3.63, 3.8) is 0 Å². The van der Waals surface area contributed by atoms with E-state index in [2.05, 4.69) is 20.2 Å². The largest absolute Gasteiger partial charge is 0.383 e. The summed E-state index contributed by atoms with van der Waals surface area (Å²) in [5.41, 5.74) is 0.807. The summed E-state index contributed by atoms with van der Waals surface area (Å²) in [6.45, 7) is 5.59. The van der Waals surface area contributed by atoms with Gasteiger partial charge in [-0.2, -0.15) is 0 Å². The smallest absolute Gasteiger partial charge is 0.157 e. The van der Waals surface area contributed by atoms with Gasteiger partial charge in [-0.1, -0.05) is 11.6 Å². The lowest BCUT2D eigenvalue weighted by Crippen LogP contribution is -2.38. The molecule has 0 aliphatic carbocycles. The van der Waals surface area contributed by atoms with E-state index in [9.17, 15) is 0 Å². The van der Waals surface area contributed by atoms with Gasteiger partial charge in [0, 0.05) is 26.7 Å². The standard InChI is InChI=1S/C13H21ClN4O/c1-3-19-8-10-5-4-6-18(7-10)13-11(15-2)12(14)16-9-17-13/h9-10,15H,3-8H2,1-2H3. The predicted molar refractivity (Wildman–Crippen MR) is 78.0 cm³/mol. The second-order valence-electron chi connectivity index (χ2n) is 4.73. The highest BCUT2D eigenvalue weighted by atomic mass is 35.5. The lowest BCUT2D eigenvalue weighted by molar-refractivity contribution is 0.104. The number of piperidine rings is 1. The van der Waals surface area contributed by atoms with Gasteiger partial charge in [0.25, 0.3) is 0 Å². The van der Waals surface area contributed by atoms with Gasteiger partial charge in [-0.05, 0) is 25.7 Å². The van der Waals surface area contributed by atoms with Gasteiger partial charge in [0.2, 0.25) is 0 Å². The van der Waals surface area contributed by atoms with Crippen LogP contribution in [0.2, 0.25) is 5.15 Å². The maximum Gasteiger partial charge on any atom is 0.157 e. The summed E-state index contributed by atoms with van der Waals surface area (Å²) in [4.78, 5) is 10.7. The van der Waals surface area contributed by atoms with Crippen molar-refractivity contribution in [2.24, 2.45) is 5.92 Å². The van der Waals surface area contributed by atoms with Gasteiger partial charge < -0.3 is 15.0 Å². The molecule has 1 aliphatic heterocycles. The zero-order chi connectivity index (χ0) is 13.7. The third-order valence-corrected chi connectivity index (χ3v) is 3.69. The highest BCUT2D eigenvalue weighted by Crippen LogP contribution is 2.31. The monoisotopic (exact) mass is 284 g/mol. The molecule has 0 bridgehead atoms. The summed E-state index contributed by atoms with van der Waals surface area (Å²) in [6, 6.07) is 0. The Labute approximate surface area is 119 Å². The van der Waals surface area contributed by atoms with Crippen molar-refractivity contribution in [3.8, 4) is 0 Å². The quantitative estimate of drug-likeness (QED) is 0.842. The summed E-state index contributed by atoms with van der Waals surface area (Å²) < 4.78 is 5.54. The van der Waals surface area contributed by atoms with Crippen LogP contribution in [0.3, 0.4) is 0 Å². The van der Waals surface area contributed by atoms with Crippen LogP contribution in [0.4, 0.5) is 11.5 Å². The zero-order valence-corrected chi connectivity index (χ0v) is 12.3. The minimum Gasteiger partial charge on any atom is -0.383 e. The zero-order valence-electron chi connectivity index (χ0n) is 11.5. The molecule has 1 aliphatic rings. The Morgan fingerprint density at radius 2 is 2.37 bits per heavy atom. The minimum atomic E-state index is 0.472. The Balaban J connectivity index is 2.10. The molecule has 0 amide bonds. The van der Waals surface area contributed by atoms with Crippen LogP contribution in [0.25, 0.3) is 0 Å². The Morgan fingerprint density at radius 1 is 1.53 bits per heavy atom. The van der Waals surface area contributed by atoms with E-state index in [4.69, 9.17) is 16.3 Å². The number of rotatable bonds is 5. The molecule has 2 rings (SSSR count). The van der Waals surface area contributed by atoms with Crippen LogP contribution in [-0.2, 0) is 4.74 Å². The van der Waals surface area contributed by atoms with Crippen molar-refractivity contribution in [1.82, 2.24) is 9.97 Å². The van der Waals surface area contributed by atoms with Crippen LogP contribution in [-0.4, -0.2) is 43.3 Å². The van der Waals surface area contributed by atoms with Gasteiger partial charge in [-0.25, -0.2) is 9.97 Å². The van der Waals surface area contributed by atoms with E-state index in [0.29, 0.717) is 11.1 Å². The van der Waals surface area contributed by atoms with E-state index in [1.165, 1.54) is 12.7 Å². The highest BCUT2D eigenvalue weighted by molar-refractivity contribution is 6.32. The number of halogens is 1. The van der Waals surface area contributed by atoms with Crippen molar-refractivity contribution in [3.05, 3.63) is 11.5 Å². The lowest BCUT2D eigenvalue weighted by atomic mass is 9.99. The summed E-state index contributed by atoms with van der Waals surface area (Å²) in [5, 5.41) is 3.56. The molecule has 0 aromatic carbocycles. The first-order chi connectivity index (χ1) is 9.26. The highest BCUT2D eigenvalue weighted by Gasteiger charge is 2.23. The Bertz CT molecular complexity index is 416. The van der Waals surface area contributed by atoms with Gasteiger partial charge in [-0.3, -0.25) is 0 Å². The van der Waals surface area contributed by atoms with E-state index in [1.807, 2.05) is 14.0 Å². The fourth-order valence-corrected chi connectivity index (χ4v) is 2.71. The van der Waals surface area contributed by atoms with Gasteiger partial charge in [0.05, 0.1) is 6.61 Å². The Morgan fingerprint density at radius 3 is 3.11 bits per heavy atom. The third kappa shape index (κ3) is 3.48. The van der Waals surface area contributed by atoms with E-state index in [-0.39, 0.29) is 0 Å². The molecular formula is C13H21ClN4O. The summed E-state index contributed by atoms with van der Waals surface area (Å²) in [5.74, 6) is 1.45. The normalized spacial score (nSPS) is 19.5. The average molecular weight is 285 g/mol. The summed E-state index contributed by atoms with van der Waals surface area (Å²) in [6.07, 6.45) is 3.89. The van der Waals surface area contributed by atoms with Crippen molar-refractivity contribution in [2.45, 2.75) is 19.8 Å². The first kappa shape index (κ1) is 14.3. The van der Waals surface area contributed by atoms with Crippen LogP contribution in [0.15, 0.2) is 6.33 Å². The van der Waals surface area contributed by atoms with Crippen LogP contribution in [0, 0.1) is 5.92 Å². The van der Waals surface area contributed by atoms with Gasteiger partial charge >= 0.3 is 0 Å². The first-order valence-electron chi connectivity index (χ1n) is 6.77. The number of aromatic nitrogens is 2. The molecule has 0 radical (unpaired) electrons. The van der Waals surface area contributed by atoms with Crippen molar-refractivity contribution in [1.29, 1.82) is 0 Å². The third-order valence-electron chi connectivity index (χ3n) is 3.41. The fraction of sp³-hybridized carbons (Fsp3) is 0.692. The maximum absolute atomic E-state index is 6.10. The molecule has 6 heteroatoms. The van der Waals surface area contributed by atoms with E-state index in [0.717, 1.165) is 44.2 Å². The molecule has 1 atom stereocenters. The van der Waals surface area contributed by atoms with Crippen LogP contribution < -0.4 is 10.2 Å². The second kappa shape index (κ2) is 6.91. The molecule has 106 valence electrons. The van der Waals surface area contributed by atoms with E-state index < -0.39 is 0 Å². The molecule has 0 spiro atoms. The average Bonchev–Trinajstić information content (AvgIpc) is 2.45. The minimum absolute atomic E-state index is 0.472. The molecule has 0 saturated carbocycles. The van der Waals surface area contributed by atoms with Crippen molar-refractivity contribution in [2.75, 3.05) is 43.6 Å². The molecule has 2 heterocycles. The van der Waals surface area contributed by atoms with Gasteiger partial charge in [0.1, 0.15) is 12.0 Å². The fourth-order valence-electron chi connectivity index (χ4n) is 2.49. The first-order valence-corrected chi connectivity index (χ1v) is 7.15. The molecule has 1 fully saturated rings. The van der Waals surface area contributed by atoms with Gasteiger partial charge in [-0.15, -0.1) is 0 Å². The number of nitrogens with zero attached hydrogens (tertiary/aromatic N) is 3. The molecular weight excluding hydrogens is 264 g/mol. The van der Waals surface area contributed by atoms with Crippen LogP contribution >= 0.6 is 11.6 Å². The van der Waals surface area contributed by atoms with E-state index >= 15 is 0 Å². The summed E-state index contributed by atoms with van der Waals surface area (Å²) in [7, 11) is 1.84. The molecule has 1 aromatic heterocycles. The molecule has 1 aromatic rings. The topological polar surface area (TPSA) is 50.3 Å². The Hall–Kier alpha value is -1.07. The van der Waals surface area contributed by atoms with Crippen molar-refractivity contribution >= 4 is 23.1 Å². The number of nitrogens with one attached hydrogen (secondary N) is 1. The lowest BCUT2D eigenvalue weighted by Gasteiger charge is -2.34. The number of hydrogen-bond donors (Lipinski definition) is 1. The SMILES string of the molecule is CCOCC1CCCN(c2ncnc(Cl)c2NC)C1. The molecule has 19 heavy (non-hydrogen) atoms. The van der Waals surface area contributed by atoms with Crippen LogP contribution in [0.1, 0.15) is 19.8 Å². The summed E-state index contributed by atoms with van der Waals surface area (Å²) >= 11 is 6.10. The maximum atomic E-state index is 6.10. The Kier molecular flexibility index (Phi) is 5.22. The molecule has 1 unspecified atom stereocenters. The van der Waals surface area contributed by atoms with Gasteiger partial charge in [0.15, 0.2) is 11.0 Å². The number of ether oxygens (including phenoxy) is 1. The van der Waals surface area contributed by atoms with Crippen LogP contribution in [0.5, 0.6) is 0 Å². The van der Waals surface area contributed by atoms with E-state index in [1.54, 1.807) is 0 Å². The molecule has 1 N–H and O–H groups in total. The number of hydrogen-bond acceptors (Lipinski definition) is 5.